The molecule has 0 fully saturated rings. The quantitative estimate of drug-likeness (QED) is 0.742. The fourth-order valence-corrected chi connectivity index (χ4v) is 2.22. The van der Waals surface area contributed by atoms with Crippen LogP contribution >= 0.6 is 11.6 Å². The lowest BCUT2D eigenvalue weighted by molar-refractivity contribution is -0.132. The first-order valence-corrected chi connectivity index (χ1v) is 6.04. The number of benzene rings is 1. The van der Waals surface area contributed by atoms with Crippen LogP contribution in [0, 0.1) is 0 Å². The largest absolute Gasteiger partial charge is 0.475 e. The molecule has 0 saturated carbocycles. The summed E-state index contributed by atoms with van der Waals surface area (Å²) in [4.78, 5) is 25.3. The maximum Gasteiger partial charge on any atom is 0.341 e. The van der Waals surface area contributed by atoms with Gasteiger partial charge in [-0.2, -0.15) is 0 Å². The van der Waals surface area contributed by atoms with Crippen molar-refractivity contribution < 1.29 is 19.1 Å². The van der Waals surface area contributed by atoms with Gasteiger partial charge in [-0.15, -0.1) is 0 Å². The van der Waals surface area contributed by atoms with Gasteiger partial charge >= 0.3 is 5.97 Å². The van der Waals surface area contributed by atoms with Crippen LogP contribution in [0.2, 0.25) is 5.02 Å². The van der Waals surface area contributed by atoms with Gasteiger partial charge in [0.2, 0.25) is 0 Å². The molecule has 1 aromatic carbocycles. The Balaban J connectivity index is 2.68. The maximum atomic E-state index is 12.1. The van der Waals surface area contributed by atoms with Crippen LogP contribution in [-0.2, 0) is 9.53 Å². The fraction of sp³-hybridized carbons (Fsp3) is 0.385. The summed E-state index contributed by atoms with van der Waals surface area (Å²) >= 11 is 5.97. The maximum absolute atomic E-state index is 12.1. The molecule has 5 nitrogen and oxygen atoms in total. The molecule has 0 N–H and O–H groups in total. The number of amides is 1. The first-order chi connectivity index (χ1) is 8.77. The van der Waals surface area contributed by atoms with E-state index in [4.69, 9.17) is 21.1 Å². The van der Waals surface area contributed by atoms with Gasteiger partial charge in [0.15, 0.2) is 11.4 Å². The first kappa shape index (κ1) is 13.7. The predicted octanol–water partition coefficient (Wildman–Crippen LogP) is 2.26. The molecule has 102 valence electrons. The van der Waals surface area contributed by atoms with Crippen molar-refractivity contribution in [3.05, 3.63) is 22.7 Å². The molecule has 1 aromatic rings. The van der Waals surface area contributed by atoms with E-state index >= 15 is 0 Å². The van der Waals surface area contributed by atoms with Gasteiger partial charge in [-0.05, 0) is 26.0 Å². The average molecular weight is 284 g/mol. The van der Waals surface area contributed by atoms with Crippen LogP contribution < -0.4 is 9.64 Å². The van der Waals surface area contributed by atoms with Gasteiger partial charge in [-0.25, -0.2) is 4.79 Å². The molecule has 0 atom stereocenters. The summed E-state index contributed by atoms with van der Waals surface area (Å²) in [6.07, 6.45) is 0. The zero-order valence-corrected chi connectivity index (χ0v) is 11.9. The highest BCUT2D eigenvalue weighted by atomic mass is 35.5. The van der Waals surface area contributed by atoms with E-state index in [-0.39, 0.29) is 11.5 Å². The molecule has 0 aliphatic carbocycles. The predicted molar refractivity (Wildman–Crippen MR) is 70.9 cm³/mol. The van der Waals surface area contributed by atoms with Crippen molar-refractivity contribution in [2.75, 3.05) is 19.1 Å². The lowest BCUT2D eigenvalue weighted by Gasteiger charge is -2.37. The van der Waals surface area contributed by atoms with Gasteiger partial charge in [0.05, 0.1) is 12.8 Å². The van der Waals surface area contributed by atoms with Crippen LogP contribution in [0.5, 0.6) is 5.75 Å². The molecule has 1 aliphatic heterocycles. The molecule has 2 rings (SSSR count). The highest BCUT2D eigenvalue weighted by molar-refractivity contribution is 6.31. The number of carbonyl (C=O) groups excluding carboxylic acids is 2. The third-order valence-electron chi connectivity index (χ3n) is 2.98. The number of esters is 1. The molecule has 0 radical (unpaired) electrons. The van der Waals surface area contributed by atoms with E-state index in [1.807, 2.05) is 0 Å². The van der Waals surface area contributed by atoms with E-state index in [1.54, 1.807) is 27.0 Å². The van der Waals surface area contributed by atoms with Gasteiger partial charge < -0.3 is 14.4 Å². The minimum atomic E-state index is -1.04. The first-order valence-electron chi connectivity index (χ1n) is 5.67. The second-order valence-electron chi connectivity index (χ2n) is 4.77. The Kier molecular flexibility index (Phi) is 3.18. The molecular formula is C13H14ClNO4. The number of rotatable bonds is 1. The number of likely N-dealkylation sites (N-methyl/N-ethyl adjacent to an activating group) is 1. The number of hydrogen-bond donors (Lipinski definition) is 0. The Morgan fingerprint density at radius 3 is 2.63 bits per heavy atom. The summed E-state index contributed by atoms with van der Waals surface area (Å²) in [7, 11) is 2.89. The fourth-order valence-electron chi connectivity index (χ4n) is 2.01. The summed E-state index contributed by atoms with van der Waals surface area (Å²) in [5.74, 6) is -0.460. The summed E-state index contributed by atoms with van der Waals surface area (Å²) in [5.41, 5.74) is -0.382. The SMILES string of the molecule is COC(=O)c1cc(Cl)cc2c1OC(C)(C)C(=O)N2C. The zero-order chi connectivity index (χ0) is 14.4. The molecule has 0 bridgehead atoms. The number of halogens is 1. The second-order valence-corrected chi connectivity index (χ2v) is 5.21. The van der Waals surface area contributed by atoms with Crippen LogP contribution in [0.25, 0.3) is 0 Å². The Morgan fingerprint density at radius 2 is 2.05 bits per heavy atom. The van der Waals surface area contributed by atoms with Crippen molar-refractivity contribution in [2.45, 2.75) is 19.4 Å². The van der Waals surface area contributed by atoms with Crippen molar-refractivity contribution in [3.63, 3.8) is 0 Å². The highest BCUT2D eigenvalue weighted by Crippen LogP contribution is 2.41. The summed E-state index contributed by atoms with van der Waals surface area (Å²) in [6.45, 7) is 3.29. The van der Waals surface area contributed by atoms with Crippen molar-refractivity contribution in [1.29, 1.82) is 0 Å². The number of nitrogens with zero attached hydrogens (tertiary/aromatic N) is 1. The average Bonchev–Trinajstić information content (AvgIpc) is 2.35. The molecule has 0 aromatic heterocycles. The van der Waals surface area contributed by atoms with E-state index in [2.05, 4.69) is 0 Å². The Bertz CT molecular complexity index is 568. The summed E-state index contributed by atoms with van der Waals surface area (Å²) in [5, 5.41) is 0.335. The Hall–Kier alpha value is -1.75. The minimum absolute atomic E-state index is 0.206. The van der Waals surface area contributed by atoms with Crippen molar-refractivity contribution >= 4 is 29.2 Å². The van der Waals surface area contributed by atoms with Crippen LogP contribution in [0.3, 0.4) is 0 Å². The van der Waals surface area contributed by atoms with E-state index in [0.717, 1.165) is 0 Å². The normalized spacial score (nSPS) is 16.7. The summed E-state index contributed by atoms with van der Waals surface area (Å²) < 4.78 is 10.4. The molecule has 6 heteroatoms. The number of fused-ring (bicyclic) bond motifs is 1. The number of anilines is 1. The van der Waals surface area contributed by atoms with Gasteiger partial charge in [-0.3, -0.25) is 4.79 Å². The third kappa shape index (κ3) is 2.14. The van der Waals surface area contributed by atoms with Gasteiger partial charge in [0.25, 0.3) is 5.91 Å². The topological polar surface area (TPSA) is 55.8 Å². The summed E-state index contributed by atoms with van der Waals surface area (Å²) in [6, 6.07) is 3.04. The van der Waals surface area contributed by atoms with E-state index in [0.29, 0.717) is 16.5 Å². The molecule has 0 saturated heterocycles. The molecule has 1 amide bonds. The monoisotopic (exact) mass is 283 g/mol. The van der Waals surface area contributed by atoms with Crippen molar-refractivity contribution in [2.24, 2.45) is 0 Å². The standard InChI is InChI=1S/C13H14ClNO4/c1-13(2)12(17)15(3)9-6-7(14)5-8(10(9)19-13)11(16)18-4/h5-6H,1-4H3. The van der Waals surface area contributed by atoms with E-state index in [1.165, 1.54) is 18.1 Å². The molecule has 0 spiro atoms. The molecule has 19 heavy (non-hydrogen) atoms. The second kappa shape index (κ2) is 4.42. The lowest BCUT2D eigenvalue weighted by atomic mass is 10.0. The van der Waals surface area contributed by atoms with Crippen molar-refractivity contribution in [1.82, 2.24) is 0 Å². The number of hydrogen-bond acceptors (Lipinski definition) is 4. The smallest absolute Gasteiger partial charge is 0.341 e. The van der Waals surface area contributed by atoms with Gasteiger partial charge in [0.1, 0.15) is 5.56 Å². The van der Waals surface area contributed by atoms with Gasteiger partial charge in [0, 0.05) is 12.1 Å². The molecular weight excluding hydrogens is 270 g/mol. The Labute approximate surface area is 116 Å². The minimum Gasteiger partial charge on any atom is -0.475 e. The van der Waals surface area contributed by atoms with E-state index < -0.39 is 11.6 Å². The number of ether oxygens (including phenoxy) is 2. The van der Waals surface area contributed by atoms with E-state index in [9.17, 15) is 9.59 Å². The molecule has 1 heterocycles. The Morgan fingerprint density at radius 1 is 1.42 bits per heavy atom. The van der Waals surface area contributed by atoms with Gasteiger partial charge in [-0.1, -0.05) is 11.6 Å². The lowest BCUT2D eigenvalue weighted by Crippen LogP contribution is -2.51. The van der Waals surface area contributed by atoms with Crippen molar-refractivity contribution in [3.8, 4) is 5.75 Å². The molecule has 1 aliphatic rings. The van der Waals surface area contributed by atoms with Crippen LogP contribution in [0.4, 0.5) is 5.69 Å². The van der Waals surface area contributed by atoms with Crippen LogP contribution in [0.15, 0.2) is 12.1 Å². The molecule has 0 unspecified atom stereocenters. The number of carbonyl (C=O) groups is 2. The highest BCUT2D eigenvalue weighted by Gasteiger charge is 2.41. The van der Waals surface area contributed by atoms with Crippen LogP contribution in [-0.4, -0.2) is 31.6 Å². The van der Waals surface area contributed by atoms with Crippen LogP contribution in [0.1, 0.15) is 24.2 Å². The zero-order valence-electron chi connectivity index (χ0n) is 11.1. The number of methoxy groups -OCH3 is 1. The third-order valence-corrected chi connectivity index (χ3v) is 3.20.